The fraction of sp³-hybridized carbons (Fsp3) is 0.550. The third kappa shape index (κ3) is 4.32. The summed E-state index contributed by atoms with van der Waals surface area (Å²) in [6, 6.07) is 5.49. The van der Waals surface area contributed by atoms with Crippen molar-refractivity contribution in [3.63, 3.8) is 0 Å². The number of fused-ring (bicyclic) bond motifs is 1. The summed E-state index contributed by atoms with van der Waals surface area (Å²) in [7, 11) is 0. The van der Waals surface area contributed by atoms with Crippen LogP contribution in [0.4, 0.5) is 4.39 Å². The Kier molecular flexibility index (Phi) is 5.30. The highest BCUT2D eigenvalue weighted by Crippen LogP contribution is 2.26. The van der Waals surface area contributed by atoms with E-state index < -0.39 is 5.82 Å². The van der Waals surface area contributed by atoms with Gasteiger partial charge in [0.05, 0.1) is 6.04 Å². The molecule has 7 nitrogen and oxygen atoms in total. The molecule has 0 aromatic heterocycles. The summed E-state index contributed by atoms with van der Waals surface area (Å²) in [6.07, 6.45) is 3.73. The zero-order valence-corrected chi connectivity index (χ0v) is 15.6. The third-order valence-electron chi connectivity index (χ3n) is 5.69. The van der Waals surface area contributed by atoms with Crippen LogP contribution < -0.4 is 16.0 Å². The molecule has 1 aliphatic carbocycles. The van der Waals surface area contributed by atoms with Crippen molar-refractivity contribution in [3.8, 4) is 0 Å². The summed E-state index contributed by atoms with van der Waals surface area (Å²) in [5.41, 5.74) is 0.266. The van der Waals surface area contributed by atoms with E-state index in [0.29, 0.717) is 38.4 Å². The van der Waals surface area contributed by atoms with Gasteiger partial charge < -0.3 is 16.0 Å². The highest BCUT2D eigenvalue weighted by atomic mass is 19.1. The van der Waals surface area contributed by atoms with Gasteiger partial charge in [0.1, 0.15) is 5.82 Å². The number of nitrogens with zero attached hydrogens (tertiary/aromatic N) is 1. The molecule has 8 heteroatoms. The van der Waals surface area contributed by atoms with E-state index in [-0.39, 0.29) is 41.4 Å². The zero-order valence-electron chi connectivity index (χ0n) is 15.6. The van der Waals surface area contributed by atoms with Crippen LogP contribution in [0.15, 0.2) is 24.3 Å². The monoisotopic (exact) mass is 388 g/mol. The largest absolute Gasteiger partial charge is 0.353 e. The van der Waals surface area contributed by atoms with Gasteiger partial charge in [-0.2, -0.15) is 0 Å². The first-order valence-electron chi connectivity index (χ1n) is 9.89. The second kappa shape index (κ2) is 7.87. The minimum atomic E-state index is -0.458. The van der Waals surface area contributed by atoms with E-state index in [9.17, 15) is 18.8 Å². The van der Waals surface area contributed by atoms with Crippen LogP contribution in [0.25, 0.3) is 0 Å². The lowest BCUT2D eigenvalue weighted by Crippen LogP contribution is -2.58. The molecule has 1 aromatic carbocycles. The van der Waals surface area contributed by atoms with Gasteiger partial charge in [0.15, 0.2) is 0 Å². The van der Waals surface area contributed by atoms with Crippen molar-refractivity contribution < 1.29 is 18.8 Å². The van der Waals surface area contributed by atoms with E-state index >= 15 is 0 Å². The van der Waals surface area contributed by atoms with E-state index in [0.717, 1.165) is 12.8 Å². The molecule has 0 radical (unpaired) electrons. The lowest BCUT2D eigenvalue weighted by molar-refractivity contribution is -0.129. The molecule has 2 saturated heterocycles. The van der Waals surface area contributed by atoms with E-state index in [2.05, 4.69) is 20.9 Å². The number of hydrogen-bond acceptors (Lipinski definition) is 4. The highest BCUT2D eigenvalue weighted by molar-refractivity contribution is 5.94. The Labute approximate surface area is 163 Å². The van der Waals surface area contributed by atoms with E-state index in [1.807, 2.05) is 0 Å². The van der Waals surface area contributed by atoms with Crippen LogP contribution in [-0.4, -0.2) is 59.9 Å². The Balaban J connectivity index is 1.34. The van der Waals surface area contributed by atoms with E-state index in [1.165, 1.54) is 18.2 Å². The molecule has 1 aromatic rings. The standard InChI is InChI=1S/C20H25FN4O3/c21-13-3-1-2-12(8-13)19(27)24-15-9-17-20(28)22-10-16(25(17)11-15)6-7-18(26)23-14-4-5-14/h1-3,8,14-17H,4-7,9-11H2,(H,22,28)(H,23,26)(H,24,27)/t15-,16-,17+/m1/s1. The van der Waals surface area contributed by atoms with Gasteiger partial charge in [-0.3, -0.25) is 19.3 Å². The Hall–Kier alpha value is -2.48. The number of nitrogens with one attached hydrogen (secondary N) is 3. The topological polar surface area (TPSA) is 90.5 Å². The van der Waals surface area contributed by atoms with Gasteiger partial charge in [-0.25, -0.2) is 4.39 Å². The summed E-state index contributed by atoms with van der Waals surface area (Å²) in [4.78, 5) is 38.7. The number of amides is 3. The Morgan fingerprint density at radius 3 is 2.79 bits per heavy atom. The second-order valence-corrected chi connectivity index (χ2v) is 7.91. The molecule has 3 aliphatic rings. The molecule has 3 N–H and O–H groups in total. The third-order valence-corrected chi connectivity index (χ3v) is 5.69. The van der Waals surface area contributed by atoms with Crippen LogP contribution in [0.1, 0.15) is 42.5 Å². The van der Waals surface area contributed by atoms with Gasteiger partial charge in [0.2, 0.25) is 11.8 Å². The van der Waals surface area contributed by atoms with Gasteiger partial charge in [-0.05, 0) is 43.9 Å². The smallest absolute Gasteiger partial charge is 0.251 e. The maximum atomic E-state index is 13.3. The van der Waals surface area contributed by atoms with Crippen LogP contribution in [0, 0.1) is 5.82 Å². The molecule has 2 aliphatic heterocycles. The lowest BCUT2D eigenvalue weighted by Gasteiger charge is -2.37. The highest BCUT2D eigenvalue weighted by Gasteiger charge is 2.43. The summed E-state index contributed by atoms with van der Waals surface area (Å²) in [6.45, 7) is 1.06. The first-order chi connectivity index (χ1) is 13.5. The average molecular weight is 388 g/mol. The molecule has 0 unspecified atom stereocenters. The number of carbonyl (C=O) groups excluding carboxylic acids is 3. The van der Waals surface area contributed by atoms with Gasteiger partial charge >= 0.3 is 0 Å². The maximum absolute atomic E-state index is 13.3. The van der Waals surface area contributed by atoms with Crippen molar-refractivity contribution in [1.29, 1.82) is 0 Å². The fourth-order valence-corrected chi connectivity index (χ4v) is 4.07. The predicted octanol–water partition coefficient (Wildman–Crippen LogP) is 0.556. The van der Waals surface area contributed by atoms with Crippen molar-refractivity contribution in [2.45, 2.75) is 56.3 Å². The SMILES string of the molecule is O=C(CC[C@@H]1CNC(=O)[C@@H]2C[C@@H](NC(=O)c3cccc(F)c3)CN12)NC1CC1. The lowest BCUT2D eigenvalue weighted by atomic mass is 10.0. The molecule has 3 fully saturated rings. The van der Waals surface area contributed by atoms with E-state index in [1.54, 1.807) is 6.07 Å². The quantitative estimate of drug-likeness (QED) is 0.664. The minimum absolute atomic E-state index is 0.0406. The van der Waals surface area contributed by atoms with Crippen molar-refractivity contribution in [3.05, 3.63) is 35.6 Å². The molecular weight excluding hydrogens is 363 g/mol. The van der Waals surface area contributed by atoms with Gasteiger partial charge in [0.25, 0.3) is 5.91 Å². The Morgan fingerprint density at radius 1 is 1.21 bits per heavy atom. The van der Waals surface area contributed by atoms with Crippen molar-refractivity contribution in [2.24, 2.45) is 0 Å². The molecule has 4 rings (SSSR count). The van der Waals surface area contributed by atoms with Crippen molar-refractivity contribution in [1.82, 2.24) is 20.9 Å². The molecule has 2 heterocycles. The molecule has 150 valence electrons. The number of rotatable bonds is 6. The predicted molar refractivity (Wildman–Crippen MR) is 100.0 cm³/mol. The van der Waals surface area contributed by atoms with Gasteiger partial charge in [0, 0.05) is 43.2 Å². The molecule has 0 spiro atoms. The average Bonchev–Trinajstić information content (AvgIpc) is 3.37. The molecule has 3 amide bonds. The zero-order chi connectivity index (χ0) is 19.7. The fourth-order valence-electron chi connectivity index (χ4n) is 4.07. The number of piperazine rings is 1. The second-order valence-electron chi connectivity index (χ2n) is 7.91. The van der Waals surface area contributed by atoms with Gasteiger partial charge in [-0.15, -0.1) is 0 Å². The summed E-state index contributed by atoms with van der Waals surface area (Å²) < 4.78 is 13.3. The molecule has 0 bridgehead atoms. The van der Waals surface area contributed by atoms with Crippen LogP contribution >= 0.6 is 0 Å². The van der Waals surface area contributed by atoms with Crippen molar-refractivity contribution >= 4 is 17.7 Å². The summed E-state index contributed by atoms with van der Waals surface area (Å²) in [5.74, 6) is -0.780. The maximum Gasteiger partial charge on any atom is 0.251 e. The van der Waals surface area contributed by atoms with Crippen LogP contribution in [0.3, 0.4) is 0 Å². The number of halogens is 1. The van der Waals surface area contributed by atoms with Crippen molar-refractivity contribution in [2.75, 3.05) is 13.1 Å². The first-order valence-corrected chi connectivity index (χ1v) is 9.89. The summed E-state index contributed by atoms with van der Waals surface area (Å²) in [5, 5.41) is 8.82. The minimum Gasteiger partial charge on any atom is -0.353 e. The normalized spacial score (nSPS) is 27.0. The van der Waals surface area contributed by atoms with Crippen LogP contribution in [0.5, 0.6) is 0 Å². The number of carbonyl (C=O) groups is 3. The van der Waals surface area contributed by atoms with Crippen LogP contribution in [0.2, 0.25) is 0 Å². The molecule has 1 saturated carbocycles. The number of hydrogen-bond donors (Lipinski definition) is 3. The van der Waals surface area contributed by atoms with Gasteiger partial charge in [-0.1, -0.05) is 6.07 Å². The number of benzene rings is 1. The first kappa shape index (κ1) is 18.9. The Bertz CT molecular complexity index is 782. The van der Waals surface area contributed by atoms with Crippen LogP contribution in [-0.2, 0) is 9.59 Å². The van der Waals surface area contributed by atoms with E-state index in [4.69, 9.17) is 0 Å². The molecule has 28 heavy (non-hydrogen) atoms. The molecule has 3 atom stereocenters. The molecular formula is C20H25FN4O3. The summed E-state index contributed by atoms with van der Waals surface area (Å²) >= 11 is 0. The Morgan fingerprint density at radius 2 is 2.04 bits per heavy atom.